The fraction of sp³-hybridized carbons (Fsp3) is 0.692. The maximum atomic E-state index is 3.74. The van der Waals surface area contributed by atoms with Gasteiger partial charge >= 0.3 is 0 Å². The van der Waals surface area contributed by atoms with Crippen molar-refractivity contribution < 1.29 is 0 Å². The molecule has 2 nitrogen and oxygen atoms in total. The molecule has 2 saturated carbocycles. The van der Waals surface area contributed by atoms with Crippen LogP contribution in [0.4, 0.5) is 0 Å². The summed E-state index contributed by atoms with van der Waals surface area (Å²) in [6, 6.07) is 5.13. The van der Waals surface area contributed by atoms with Gasteiger partial charge in [-0.05, 0) is 63.5 Å². The van der Waals surface area contributed by atoms with E-state index in [1.807, 2.05) is 0 Å². The van der Waals surface area contributed by atoms with Gasteiger partial charge in [0.1, 0.15) is 0 Å². The molecule has 2 aliphatic rings. The molecule has 0 atom stereocenters. The van der Waals surface area contributed by atoms with E-state index in [4.69, 9.17) is 0 Å². The molecule has 15 heavy (non-hydrogen) atoms. The molecular formula is C13H20N2. The standard InChI is InChI=1S/C13H20N2/c1-9-3-4-10(2)15(9)14-13(11-5-6-11)12-7-8-12/h3-4,11-14H,5-8H2,1-2H3. The molecule has 0 saturated heterocycles. The third-order valence-corrected chi connectivity index (χ3v) is 3.81. The molecular weight excluding hydrogens is 184 g/mol. The average Bonchev–Trinajstić information content (AvgIpc) is 3.09. The molecule has 1 heterocycles. The van der Waals surface area contributed by atoms with Gasteiger partial charge in [-0.15, -0.1) is 0 Å². The molecule has 3 rings (SSSR count). The summed E-state index contributed by atoms with van der Waals surface area (Å²) in [5, 5.41) is 0. The predicted octanol–water partition coefficient (Wildman–Crippen LogP) is 2.84. The molecule has 0 radical (unpaired) electrons. The molecule has 0 amide bonds. The van der Waals surface area contributed by atoms with Crippen molar-refractivity contribution in [2.75, 3.05) is 5.43 Å². The highest BCUT2D eigenvalue weighted by Crippen LogP contribution is 2.45. The summed E-state index contributed by atoms with van der Waals surface area (Å²) in [6.45, 7) is 4.35. The van der Waals surface area contributed by atoms with Crippen molar-refractivity contribution in [3.8, 4) is 0 Å². The van der Waals surface area contributed by atoms with Crippen LogP contribution >= 0.6 is 0 Å². The normalized spacial score (nSPS) is 21.0. The average molecular weight is 204 g/mol. The van der Waals surface area contributed by atoms with Gasteiger partial charge in [-0.25, -0.2) is 0 Å². The van der Waals surface area contributed by atoms with E-state index in [1.54, 1.807) is 0 Å². The Morgan fingerprint density at radius 2 is 1.53 bits per heavy atom. The van der Waals surface area contributed by atoms with Crippen LogP contribution in [0.5, 0.6) is 0 Å². The Labute approximate surface area is 91.6 Å². The molecule has 0 aromatic carbocycles. The van der Waals surface area contributed by atoms with Crippen LogP contribution in [-0.4, -0.2) is 10.7 Å². The number of hydrogen-bond donors (Lipinski definition) is 1. The van der Waals surface area contributed by atoms with E-state index in [1.165, 1.54) is 37.1 Å². The second-order valence-corrected chi connectivity index (χ2v) is 5.28. The fourth-order valence-corrected chi connectivity index (χ4v) is 2.53. The van der Waals surface area contributed by atoms with Crippen LogP contribution in [0.15, 0.2) is 12.1 Å². The Morgan fingerprint density at radius 1 is 1.07 bits per heavy atom. The third-order valence-electron chi connectivity index (χ3n) is 3.81. The monoisotopic (exact) mass is 204 g/mol. The number of aryl methyl sites for hydroxylation is 2. The molecule has 0 aliphatic heterocycles. The van der Waals surface area contributed by atoms with Gasteiger partial charge in [-0.2, -0.15) is 0 Å². The van der Waals surface area contributed by atoms with Gasteiger partial charge in [0.25, 0.3) is 0 Å². The van der Waals surface area contributed by atoms with Crippen LogP contribution in [0.2, 0.25) is 0 Å². The van der Waals surface area contributed by atoms with Crippen LogP contribution in [0, 0.1) is 25.7 Å². The lowest BCUT2D eigenvalue weighted by Crippen LogP contribution is -2.32. The zero-order valence-electron chi connectivity index (χ0n) is 9.66. The smallest absolute Gasteiger partial charge is 0.0480 e. The van der Waals surface area contributed by atoms with Crippen LogP contribution in [0.3, 0.4) is 0 Å². The highest BCUT2D eigenvalue weighted by Gasteiger charge is 2.41. The molecule has 0 bridgehead atoms. The highest BCUT2D eigenvalue weighted by molar-refractivity contribution is 5.17. The number of rotatable bonds is 4. The van der Waals surface area contributed by atoms with Gasteiger partial charge in [0.05, 0.1) is 0 Å². The van der Waals surface area contributed by atoms with Gasteiger partial charge in [-0.3, -0.25) is 4.68 Å². The van der Waals surface area contributed by atoms with Crippen molar-refractivity contribution in [1.82, 2.24) is 4.68 Å². The van der Waals surface area contributed by atoms with Crippen LogP contribution in [0.25, 0.3) is 0 Å². The first kappa shape index (κ1) is 9.32. The van der Waals surface area contributed by atoms with E-state index >= 15 is 0 Å². The van der Waals surface area contributed by atoms with Crippen LogP contribution < -0.4 is 5.43 Å². The zero-order valence-corrected chi connectivity index (χ0v) is 9.66. The second kappa shape index (κ2) is 3.29. The third kappa shape index (κ3) is 1.77. The van der Waals surface area contributed by atoms with Crippen LogP contribution in [-0.2, 0) is 0 Å². The fourth-order valence-electron chi connectivity index (χ4n) is 2.53. The highest BCUT2D eigenvalue weighted by atomic mass is 15.4. The predicted molar refractivity (Wildman–Crippen MR) is 62.5 cm³/mol. The number of nitrogens with one attached hydrogen (secondary N) is 1. The summed E-state index contributed by atoms with van der Waals surface area (Å²) in [7, 11) is 0. The summed E-state index contributed by atoms with van der Waals surface area (Å²) in [5.74, 6) is 1.91. The summed E-state index contributed by atoms with van der Waals surface area (Å²) in [4.78, 5) is 0. The second-order valence-electron chi connectivity index (χ2n) is 5.28. The molecule has 1 N–H and O–H groups in total. The Morgan fingerprint density at radius 3 is 1.93 bits per heavy atom. The maximum absolute atomic E-state index is 3.74. The van der Waals surface area contributed by atoms with Gasteiger partial charge in [0.2, 0.25) is 0 Å². The van der Waals surface area contributed by atoms with E-state index in [0.29, 0.717) is 0 Å². The van der Waals surface area contributed by atoms with Crippen molar-refractivity contribution in [1.29, 1.82) is 0 Å². The lowest BCUT2D eigenvalue weighted by Gasteiger charge is -2.22. The lowest BCUT2D eigenvalue weighted by atomic mass is 10.1. The molecule has 0 spiro atoms. The van der Waals surface area contributed by atoms with Gasteiger partial charge in [0, 0.05) is 17.4 Å². The summed E-state index contributed by atoms with van der Waals surface area (Å²) < 4.78 is 2.28. The largest absolute Gasteiger partial charge is 0.322 e. The first-order chi connectivity index (χ1) is 7.25. The zero-order chi connectivity index (χ0) is 10.4. The van der Waals surface area contributed by atoms with E-state index < -0.39 is 0 Å². The molecule has 2 aliphatic carbocycles. The minimum atomic E-state index is 0.745. The Hall–Kier alpha value is -0.920. The minimum Gasteiger partial charge on any atom is -0.322 e. The van der Waals surface area contributed by atoms with E-state index in [-0.39, 0.29) is 0 Å². The number of hydrogen-bond acceptors (Lipinski definition) is 1. The molecule has 2 heteroatoms. The van der Waals surface area contributed by atoms with Crippen molar-refractivity contribution in [2.24, 2.45) is 11.8 Å². The first-order valence-electron chi connectivity index (χ1n) is 6.17. The quantitative estimate of drug-likeness (QED) is 0.798. The molecule has 0 unspecified atom stereocenters. The molecule has 2 fully saturated rings. The van der Waals surface area contributed by atoms with Gasteiger partial charge in [0.15, 0.2) is 0 Å². The molecule has 1 aromatic rings. The van der Waals surface area contributed by atoms with Gasteiger partial charge < -0.3 is 5.43 Å². The van der Waals surface area contributed by atoms with Crippen molar-refractivity contribution in [2.45, 2.75) is 45.6 Å². The summed E-state index contributed by atoms with van der Waals surface area (Å²) in [6.07, 6.45) is 5.75. The Balaban J connectivity index is 1.77. The van der Waals surface area contributed by atoms with E-state index in [9.17, 15) is 0 Å². The molecule has 1 aromatic heterocycles. The topological polar surface area (TPSA) is 17.0 Å². The Bertz CT molecular complexity index is 327. The maximum Gasteiger partial charge on any atom is 0.0480 e. The summed E-state index contributed by atoms with van der Waals surface area (Å²) in [5.41, 5.74) is 6.40. The first-order valence-corrected chi connectivity index (χ1v) is 6.17. The number of aromatic nitrogens is 1. The number of nitrogens with zero attached hydrogens (tertiary/aromatic N) is 1. The van der Waals surface area contributed by atoms with Gasteiger partial charge in [-0.1, -0.05) is 0 Å². The minimum absolute atomic E-state index is 0.745. The van der Waals surface area contributed by atoms with Crippen molar-refractivity contribution in [3.63, 3.8) is 0 Å². The summed E-state index contributed by atoms with van der Waals surface area (Å²) >= 11 is 0. The lowest BCUT2D eigenvalue weighted by molar-refractivity contribution is 0.511. The molecule has 82 valence electrons. The van der Waals surface area contributed by atoms with E-state index in [2.05, 4.69) is 36.1 Å². The SMILES string of the molecule is Cc1ccc(C)n1NC(C1CC1)C1CC1. The van der Waals surface area contributed by atoms with Crippen molar-refractivity contribution >= 4 is 0 Å². The van der Waals surface area contributed by atoms with E-state index in [0.717, 1.165) is 17.9 Å². The Kier molecular flexibility index (Phi) is 2.04. The van der Waals surface area contributed by atoms with Crippen molar-refractivity contribution in [3.05, 3.63) is 23.5 Å². The van der Waals surface area contributed by atoms with Crippen LogP contribution in [0.1, 0.15) is 37.1 Å².